The van der Waals surface area contributed by atoms with Crippen LogP contribution in [0.3, 0.4) is 0 Å². The number of sulfonamides is 1. The van der Waals surface area contributed by atoms with E-state index in [4.69, 9.17) is 4.74 Å². The molecule has 1 aromatic carbocycles. The highest BCUT2D eigenvalue weighted by Crippen LogP contribution is 2.21. The second-order valence-electron chi connectivity index (χ2n) is 7.11. The van der Waals surface area contributed by atoms with Crippen molar-refractivity contribution in [1.29, 1.82) is 0 Å². The van der Waals surface area contributed by atoms with Gasteiger partial charge in [-0.05, 0) is 51.0 Å². The van der Waals surface area contributed by atoms with Gasteiger partial charge in [0.25, 0.3) is 5.91 Å². The summed E-state index contributed by atoms with van der Waals surface area (Å²) in [6, 6.07) is 6.15. The van der Waals surface area contributed by atoms with Crippen molar-refractivity contribution < 1.29 is 17.9 Å². The molecule has 0 radical (unpaired) electrons. The van der Waals surface area contributed by atoms with Crippen LogP contribution in [0.15, 0.2) is 29.2 Å². The molecule has 3 atom stereocenters. The Bertz CT molecular complexity index is 690. The van der Waals surface area contributed by atoms with Crippen molar-refractivity contribution in [2.24, 2.45) is 5.92 Å². The van der Waals surface area contributed by atoms with Crippen LogP contribution in [0.5, 0.6) is 0 Å². The number of nitrogens with zero attached hydrogens (tertiary/aromatic N) is 1. The summed E-state index contributed by atoms with van der Waals surface area (Å²) in [4.78, 5) is 12.4. The number of nitrogens with one attached hydrogen (secondary N) is 1. The summed E-state index contributed by atoms with van der Waals surface area (Å²) >= 11 is 0. The average molecular weight is 368 g/mol. The van der Waals surface area contributed by atoms with Gasteiger partial charge in [0.2, 0.25) is 10.0 Å². The number of morpholine rings is 1. The summed E-state index contributed by atoms with van der Waals surface area (Å²) in [7, 11) is -3.59. The Balaban J connectivity index is 2.14. The number of carbonyl (C=O) groups excluding carboxylic acids is 1. The molecule has 1 amide bonds. The van der Waals surface area contributed by atoms with Gasteiger partial charge in [-0.1, -0.05) is 13.8 Å². The molecule has 0 bridgehead atoms. The maximum atomic E-state index is 12.8. The van der Waals surface area contributed by atoms with E-state index in [-0.39, 0.29) is 29.1 Å². The monoisotopic (exact) mass is 368 g/mol. The highest BCUT2D eigenvalue weighted by molar-refractivity contribution is 7.89. The number of amides is 1. The molecular weight excluding hydrogens is 340 g/mol. The molecule has 0 saturated carbocycles. The third-order valence-corrected chi connectivity index (χ3v) is 6.35. The van der Waals surface area contributed by atoms with Crippen molar-refractivity contribution in [3.05, 3.63) is 29.8 Å². The molecule has 0 aliphatic carbocycles. The van der Waals surface area contributed by atoms with E-state index in [9.17, 15) is 13.2 Å². The third kappa shape index (κ3) is 4.80. The fourth-order valence-electron chi connectivity index (χ4n) is 2.71. The molecule has 1 fully saturated rings. The second-order valence-corrected chi connectivity index (χ2v) is 9.05. The number of carbonyl (C=O) groups is 1. The Morgan fingerprint density at radius 1 is 1.12 bits per heavy atom. The zero-order valence-corrected chi connectivity index (χ0v) is 16.3. The van der Waals surface area contributed by atoms with Gasteiger partial charge >= 0.3 is 0 Å². The molecule has 25 heavy (non-hydrogen) atoms. The predicted molar refractivity (Wildman–Crippen MR) is 97.0 cm³/mol. The zero-order chi connectivity index (χ0) is 18.8. The first-order valence-corrected chi connectivity index (χ1v) is 10.1. The van der Waals surface area contributed by atoms with Crippen molar-refractivity contribution >= 4 is 15.9 Å². The van der Waals surface area contributed by atoms with Gasteiger partial charge in [0.1, 0.15) is 0 Å². The zero-order valence-electron chi connectivity index (χ0n) is 15.5. The van der Waals surface area contributed by atoms with Crippen LogP contribution in [-0.4, -0.2) is 50.0 Å². The largest absolute Gasteiger partial charge is 0.373 e. The van der Waals surface area contributed by atoms with E-state index >= 15 is 0 Å². The van der Waals surface area contributed by atoms with Crippen LogP contribution < -0.4 is 5.32 Å². The minimum Gasteiger partial charge on any atom is -0.373 e. The van der Waals surface area contributed by atoms with Crippen molar-refractivity contribution in [3.8, 4) is 0 Å². The van der Waals surface area contributed by atoms with Crippen LogP contribution in [-0.2, 0) is 14.8 Å². The Morgan fingerprint density at radius 3 is 2.12 bits per heavy atom. The van der Waals surface area contributed by atoms with Gasteiger partial charge in [-0.2, -0.15) is 4.31 Å². The normalized spacial score (nSPS) is 23.4. The Kier molecular flexibility index (Phi) is 6.24. The van der Waals surface area contributed by atoms with Gasteiger partial charge in [0.05, 0.1) is 17.1 Å². The van der Waals surface area contributed by atoms with E-state index in [2.05, 4.69) is 5.32 Å². The highest BCUT2D eigenvalue weighted by atomic mass is 32.2. The average Bonchev–Trinajstić information content (AvgIpc) is 2.53. The minimum absolute atomic E-state index is 0.0484. The number of hydrogen-bond acceptors (Lipinski definition) is 4. The summed E-state index contributed by atoms with van der Waals surface area (Å²) in [5, 5.41) is 2.91. The lowest BCUT2D eigenvalue weighted by atomic mass is 10.1. The lowest BCUT2D eigenvalue weighted by Gasteiger charge is -2.34. The van der Waals surface area contributed by atoms with Crippen LogP contribution in [0, 0.1) is 5.92 Å². The van der Waals surface area contributed by atoms with Gasteiger partial charge in [-0.15, -0.1) is 0 Å². The number of benzene rings is 1. The lowest BCUT2D eigenvalue weighted by Crippen LogP contribution is -2.48. The topological polar surface area (TPSA) is 75.7 Å². The van der Waals surface area contributed by atoms with Gasteiger partial charge in [-0.3, -0.25) is 4.79 Å². The smallest absolute Gasteiger partial charge is 0.251 e. The Morgan fingerprint density at radius 2 is 1.64 bits per heavy atom. The summed E-state index contributed by atoms with van der Waals surface area (Å²) in [6.07, 6.45) is -0.276. The van der Waals surface area contributed by atoms with Crippen LogP contribution in [0.25, 0.3) is 0 Å². The maximum Gasteiger partial charge on any atom is 0.251 e. The van der Waals surface area contributed by atoms with Crippen LogP contribution in [0.2, 0.25) is 0 Å². The minimum atomic E-state index is -3.59. The molecule has 140 valence electrons. The van der Waals surface area contributed by atoms with Gasteiger partial charge < -0.3 is 10.1 Å². The molecule has 0 aromatic heterocycles. The van der Waals surface area contributed by atoms with Crippen molar-refractivity contribution in [1.82, 2.24) is 9.62 Å². The predicted octanol–water partition coefficient (Wildman–Crippen LogP) is 2.26. The molecule has 0 spiro atoms. The van der Waals surface area contributed by atoms with Crippen molar-refractivity contribution in [2.75, 3.05) is 13.1 Å². The first-order valence-electron chi connectivity index (χ1n) is 8.67. The second kappa shape index (κ2) is 7.85. The quantitative estimate of drug-likeness (QED) is 0.865. The van der Waals surface area contributed by atoms with E-state index in [1.54, 1.807) is 12.1 Å². The van der Waals surface area contributed by atoms with E-state index in [1.165, 1.54) is 16.4 Å². The number of rotatable bonds is 5. The molecule has 7 heteroatoms. The Labute approximate surface area is 150 Å². The van der Waals surface area contributed by atoms with Crippen LogP contribution in [0.1, 0.15) is 45.0 Å². The van der Waals surface area contributed by atoms with Crippen LogP contribution in [0.4, 0.5) is 0 Å². The fourth-order valence-corrected chi connectivity index (χ4v) is 4.30. The van der Waals surface area contributed by atoms with Crippen molar-refractivity contribution in [3.63, 3.8) is 0 Å². The summed E-state index contributed by atoms with van der Waals surface area (Å²) < 4.78 is 32.6. The summed E-state index contributed by atoms with van der Waals surface area (Å²) in [5.74, 6) is 0.132. The maximum absolute atomic E-state index is 12.8. The third-order valence-electron chi connectivity index (χ3n) is 4.50. The van der Waals surface area contributed by atoms with E-state index in [0.717, 1.165) is 0 Å². The molecule has 2 rings (SSSR count). The number of ether oxygens (including phenoxy) is 1. The standard InChI is InChI=1S/C18H28N2O4S/c1-12(2)15(5)19-18(21)16-6-8-17(9-7-16)25(22,23)20-10-13(3)24-14(4)11-20/h6-9,12-15H,10-11H2,1-5H3,(H,19,21)/t13-,14-,15+/m1/s1. The molecule has 1 aliphatic heterocycles. The highest BCUT2D eigenvalue weighted by Gasteiger charge is 2.32. The van der Waals surface area contributed by atoms with Gasteiger partial charge in [-0.25, -0.2) is 8.42 Å². The van der Waals surface area contributed by atoms with Crippen molar-refractivity contribution in [2.45, 2.75) is 57.8 Å². The lowest BCUT2D eigenvalue weighted by molar-refractivity contribution is -0.0440. The first-order chi connectivity index (χ1) is 11.6. The van der Waals surface area contributed by atoms with E-state index in [1.807, 2.05) is 34.6 Å². The Hall–Kier alpha value is -1.44. The molecule has 1 N–H and O–H groups in total. The molecule has 0 unspecified atom stereocenters. The molecule has 1 heterocycles. The van der Waals surface area contributed by atoms with Gasteiger partial charge in [0, 0.05) is 24.7 Å². The summed E-state index contributed by atoms with van der Waals surface area (Å²) in [5.41, 5.74) is 0.454. The van der Waals surface area contributed by atoms with E-state index in [0.29, 0.717) is 24.6 Å². The SMILES string of the molecule is CC(C)[C@H](C)NC(=O)c1ccc(S(=O)(=O)N2C[C@@H](C)O[C@H](C)C2)cc1. The molecule has 1 saturated heterocycles. The van der Waals surface area contributed by atoms with Gasteiger partial charge in [0.15, 0.2) is 0 Å². The molecule has 6 nitrogen and oxygen atoms in total. The molecule has 1 aromatic rings. The van der Waals surface area contributed by atoms with Crippen LogP contribution >= 0.6 is 0 Å². The molecule has 1 aliphatic rings. The summed E-state index contributed by atoms with van der Waals surface area (Å²) in [6.45, 7) is 10.4. The van der Waals surface area contributed by atoms with E-state index < -0.39 is 10.0 Å². The number of hydrogen-bond donors (Lipinski definition) is 1. The first kappa shape index (κ1) is 19.9. The fraction of sp³-hybridized carbons (Fsp3) is 0.611. The molecular formula is C18H28N2O4S.